The molecule has 2 amide bonds. The summed E-state index contributed by atoms with van der Waals surface area (Å²) in [6, 6.07) is 14.1. The molecule has 0 saturated carbocycles. The van der Waals surface area contributed by atoms with Crippen LogP contribution in [0.1, 0.15) is 29.8 Å². The van der Waals surface area contributed by atoms with E-state index < -0.39 is 0 Å². The van der Waals surface area contributed by atoms with Gasteiger partial charge in [-0.25, -0.2) is 4.39 Å². The maximum atomic E-state index is 13.6. The molecule has 0 atom stereocenters. The first-order chi connectivity index (χ1) is 13.5. The monoisotopic (exact) mass is 420 g/mol. The highest BCUT2D eigenvalue weighted by Gasteiger charge is 2.13. The number of nitrogens with one attached hydrogen (secondary N) is 2. The number of carbonyl (C=O) groups is 2. The van der Waals surface area contributed by atoms with E-state index in [0.29, 0.717) is 29.2 Å². The highest BCUT2D eigenvalue weighted by Crippen LogP contribution is 2.22. The van der Waals surface area contributed by atoms with Crippen molar-refractivity contribution in [1.82, 2.24) is 10.6 Å². The van der Waals surface area contributed by atoms with Crippen LogP contribution in [0.5, 0.6) is 0 Å². The van der Waals surface area contributed by atoms with Crippen molar-refractivity contribution in [2.24, 2.45) is 0 Å². The minimum Gasteiger partial charge on any atom is -0.353 e. The Hall–Kier alpha value is -1.99. The Balaban J connectivity index is 1.79. The van der Waals surface area contributed by atoms with Gasteiger partial charge in [-0.1, -0.05) is 30.3 Å². The molecular weight excluding hydrogens is 395 g/mol. The zero-order valence-corrected chi connectivity index (χ0v) is 17.7. The topological polar surface area (TPSA) is 58.2 Å². The van der Waals surface area contributed by atoms with E-state index in [-0.39, 0.29) is 29.4 Å². The van der Waals surface area contributed by atoms with E-state index in [2.05, 4.69) is 10.6 Å². The third kappa shape index (κ3) is 7.56. The molecule has 0 fully saturated rings. The summed E-state index contributed by atoms with van der Waals surface area (Å²) >= 11 is 2.92. The van der Waals surface area contributed by atoms with Gasteiger partial charge in [0.15, 0.2) is 0 Å². The van der Waals surface area contributed by atoms with Crippen LogP contribution < -0.4 is 10.6 Å². The first kappa shape index (κ1) is 22.3. The smallest absolute Gasteiger partial charge is 0.252 e. The fourth-order valence-corrected chi connectivity index (χ4v) is 4.12. The number of carbonyl (C=O) groups excluding carboxylic acids is 2. The Morgan fingerprint density at radius 2 is 1.79 bits per heavy atom. The molecule has 0 saturated heterocycles. The van der Waals surface area contributed by atoms with Crippen LogP contribution in [-0.2, 0) is 10.5 Å². The number of rotatable bonds is 10. The van der Waals surface area contributed by atoms with Crippen LogP contribution in [0.25, 0.3) is 0 Å². The van der Waals surface area contributed by atoms with Gasteiger partial charge >= 0.3 is 0 Å². The van der Waals surface area contributed by atoms with Gasteiger partial charge in [0.05, 0.1) is 11.3 Å². The summed E-state index contributed by atoms with van der Waals surface area (Å²) < 4.78 is 13.6. The predicted octanol–water partition coefficient (Wildman–Crippen LogP) is 4.11. The summed E-state index contributed by atoms with van der Waals surface area (Å²) in [7, 11) is 0. The van der Waals surface area contributed by atoms with Crippen LogP contribution in [0.15, 0.2) is 53.4 Å². The second-order valence-electron chi connectivity index (χ2n) is 6.41. The number of hydrogen-bond donors (Lipinski definition) is 2. The maximum Gasteiger partial charge on any atom is 0.252 e. The van der Waals surface area contributed by atoms with Crippen LogP contribution >= 0.6 is 23.5 Å². The summed E-state index contributed by atoms with van der Waals surface area (Å²) in [5, 5.41) is 5.73. The molecule has 150 valence electrons. The summed E-state index contributed by atoms with van der Waals surface area (Å²) in [5.41, 5.74) is 1.23. The van der Waals surface area contributed by atoms with Gasteiger partial charge < -0.3 is 10.6 Å². The zero-order valence-electron chi connectivity index (χ0n) is 16.0. The number of halogens is 1. The van der Waals surface area contributed by atoms with Crippen molar-refractivity contribution in [1.29, 1.82) is 0 Å². The molecule has 28 heavy (non-hydrogen) atoms. The molecule has 0 bridgehead atoms. The molecule has 2 aromatic carbocycles. The van der Waals surface area contributed by atoms with Crippen molar-refractivity contribution in [3.05, 3.63) is 65.5 Å². The molecule has 0 heterocycles. The van der Waals surface area contributed by atoms with E-state index >= 15 is 0 Å². The minimum absolute atomic E-state index is 0.0558. The van der Waals surface area contributed by atoms with E-state index in [9.17, 15) is 14.0 Å². The Bertz CT molecular complexity index is 799. The van der Waals surface area contributed by atoms with Crippen LogP contribution in [0, 0.1) is 5.82 Å². The first-order valence-electron chi connectivity index (χ1n) is 9.08. The van der Waals surface area contributed by atoms with Gasteiger partial charge in [-0.2, -0.15) is 11.8 Å². The van der Waals surface area contributed by atoms with Crippen molar-refractivity contribution in [2.75, 3.05) is 18.1 Å². The minimum atomic E-state index is -0.202. The number of amides is 2. The quantitative estimate of drug-likeness (QED) is 0.449. The molecule has 0 aromatic heterocycles. The highest BCUT2D eigenvalue weighted by atomic mass is 32.2. The summed E-state index contributed by atoms with van der Waals surface area (Å²) in [6.45, 7) is 4.31. The molecule has 0 radical (unpaired) electrons. The maximum absolute atomic E-state index is 13.6. The average Bonchev–Trinajstić information content (AvgIpc) is 2.67. The predicted molar refractivity (Wildman–Crippen MR) is 115 cm³/mol. The number of benzene rings is 2. The molecule has 2 rings (SSSR count). The van der Waals surface area contributed by atoms with Crippen molar-refractivity contribution in [3.63, 3.8) is 0 Å². The summed E-state index contributed by atoms with van der Waals surface area (Å²) in [4.78, 5) is 25.1. The van der Waals surface area contributed by atoms with Crippen LogP contribution in [0.3, 0.4) is 0 Å². The summed E-state index contributed by atoms with van der Waals surface area (Å²) in [6.07, 6.45) is 0. The van der Waals surface area contributed by atoms with Crippen LogP contribution in [0.2, 0.25) is 0 Å². The third-order valence-electron chi connectivity index (χ3n) is 3.69. The average molecular weight is 421 g/mol. The molecule has 7 heteroatoms. The van der Waals surface area contributed by atoms with Gasteiger partial charge in [0, 0.05) is 29.0 Å². The lowest BCUT2D eigenvalue weighted by molar-refractivity contribution is -0.119. The second kappa shape index (κ2) is 11.8. The largest absolute Gasteiger partial charge is 0.353 e. The third-order valence-corrected chi connectivity index (χ3v) is 5.77. The second-order valence-corrected chi connectivity index (χ2v) is 8.53. The molecular formula is C21H25FN2O2S2. The fourth-order valence-electron chi connectivity index (χ4n) is 2.42. The van der Waals surface area contributed by atoms with Gasteiger partial charge in [-0.3, -0.25) is 9.59 Å². The first-order valence-corrected chi connectivity index (χ1v) is 11.2. The number of hydrogen-bond acceptors (Lipinski definition) is 4. The zero-order chi connectivity index (χ0) is 20.4. The summed E-state index contributed by atoms with van der Waals surface area (Å²) in [5.74, 6) is 1.10. The Kier molecular flexibility index (Phi) is 9.37. The molecule has 0 spiro atoms. The van der Waals surface area contributed by atoms with Gasteiger partial charge in [0.1, 0.15) is 5.82 Å². The Morgan fingerprint density at radius 1 is 1.07 bits per heavy atom. The highest BCUT2D eigenvalue weighted by molar-refractivity contribution is 8.00. The van der Waals surface area contributed by atoms with Crippen molar-refractivity contribution < 1.29 is 14.0 Å². The van der Waals surface area contributed by atoms with E-state index in [1.165, 1.54) is 17.8 Å². The van der Waals surface area contributed by atoms with Gasteiger partial charge in [-0.05, 0) is 37.6 Å². The fraction of sp³-hybridized carbons (Fsp3) is 0.333. The van der Waals surface area contributed by atoms with Gasteiger partial charge in [-0.15, -0.1) is 11.8 Å². The lowest BCUT2D eigenvalue weighted by Gasteiger charge is -2.11. The van der Waals surface area contributed by atoms with Crippen LogP contribution in [-0.4, -0.2) is 35.9 Å². The van der Waals surface area contributed by atoms with Crippen molar-refractivity contribution in [2.45, 2.75) is 30.5 Å². The standard InChI is InChI=1S/C21H25FN2O2S2/c1-15(2)24-20(25)14-28-19-10-6-4-8-17(19)21(26)23-11-12-27-13-16-7-3-5-9-18(16)22/h3-10,15H,11-14H2,1-2H3,(H,23,26)(H,24,25). The van der Waals surface area contributed by atoms with E-state index in [1.54, 1.807) is 36.0 Å². The van der Waals surface area contributed by atoms with E-state index in [4.69, 9.17) is 0 Å². The lowest BCUT2D eigenvalue weighted by Crippen LogP contribution is -2.31. The number of thioether (sulfide) groups is 2. The molecule has 0 aliphatic carbocycles. The molecule has 0 aliphatic heterocycles. The van der Waals surface area contributed by atoms with Crippen molar-refractivity contribution in [3.8, 4) is 0 Å². The van der Waals surface area contributed by atoms with Crippen LogP contribution in [0.4, 0.5) is 4.39 Å². The van der Waals surface area contributed by atoms with Crippen molar-refractivity contribution >= 4 is 35.3 Å². The molecule has 0 aliphatic rings. The normalized spacial score (nSPS) is 10.7. The SMILES string of the molecule is CC(C)NC(=O)CSc1ccccc1C(=O)NCCSCc1ccccc1F. The lowest BCUT2D eigenvalue weighted by atomic mass is 10.2. The van der Waals surface area contributed by atoms with Gasteiger partial charge in [0.25, 0.3) is 5.91 Å². The van der Waals surface area contributed by atoms with Gasteiger partial charge in [0.2, 0.25) is 5.91 Å². The Morgan fingerprint density at radius 3 is 2.54 bits per heavy atom. The van der Waals surface area contributed by atoms with E-state index in [1.807, 2.05) is 32.0 Å². The molecule has 0 unspecified atom stereocenters. The Labute approximate surface area is 174 Å². The molecule has 4 nitrogen and oxygen atoms in total. The molecule has 2 N–H and O–H groups in total. The molecule has 2 aromatic rings. The van der Waals surface area contributed by atoms with E-state index in [0.717, 1.165) is 4.90 Å².